The van der Waals surface area contributed by atoms with Gasteiger partial charge in [-0.15, -0.1) is 22.7 Å². The average Bonchev–Trinajstić information content (AvgIpc) is 3.66. The molecule has 2 aromatic heterocycles. The van der Waals surface area contributed by atoms with E-state index in [-0.39, 0.29) is 11.8 Å². The maximum Gasteiger partial charge on any atom is 0.261 e. The lowest BCUT2D eigenvalue weighted by atomic mass is 9.84. The molecule has 5 aromatic rings. The van der Waals surface area contributed by atoms with Gasteiger partial charge in [-0.3, -0.25) is 14.5 Å². The summed E-state index contributed by atoms with van der Waals surface area (Å²) in [4.78, 5) is 30.2. The van der Waals surface area contributed by atoms with Crippen LogP contribution in [-0.2, 0) is 0 Å². The highest BCUT2D eigenvalue weighted by molar-refractivity contribution is 7.14. The molecule has 0 radical (unpaired) electrons. The number of hydrogen-bond acceptors (Lipinski definition) is 5. The minimum absolute atomic E-state index is 0.273. The van der Waals surface area contributed by atoms with Crippen LogP contribution < -0.4 is 0 Å². The van der Waals surface area contributed by atoms with Crippen molar-refractivity contribution < 1.29 is 9.59 Å². The quantitative estimate of drug-likeness (QED) is 0.253. The van der Waals surface area contributed by atoms with E-state index in [9.17, 15) is 14.9 Å². The van der Waals surface area contributed by atoms with E-state index in [1.165, 1.54) is 4.90 Å². The van der Waals surface area contributed by atoms with Gasteiger partial charge in [0.2, 0.25) is 0 Å². The van der Waals surface area contributed by atoms with Gasteiger partial charge < -0.3 is 0 Å². The van der Waals surface area contributed by atoms with E-state index in [1.54, 1.807) is 29.7 Å². The Morgan fingerprint density at radius 2 is 1.29 bits per heavy atom. The summed E-state index contributed by atoms with van der Waals surface area (Å²) in [5.74, 6) is -0.547. The van der Waals surface area contributed by atoms with Crippen LogP contribution >= 0.6 is 22.7 Å². The molecule has 34 heavy (non-hydrogen) atoms. The molecule has 2 aliphatic rings. The van der Waals surface area contributed by atoms with Crippen LogP contribution in [0.2, 0.25) is 0 Å². The first-order chi connectivity index (χ1) is 16.6. The van der Waals surface area contributed by atoms with Crippen molar-refractivity contribution in [2.24, 2.45) is 0 Å². The monoisotopic (exact) mass is 474 g/mol. The SMILES string of the molecule is CN1C(=O)c2c(c(-c3cccs3)c3c(c2-c2cccs2)-c2cccc4c(C#N)ccc-3c24)C1=O. The molecular weight excluding hydrogens is 460 g/mol. The molecule has 0 unspecified atom stereocenters. The molecule has 1 aliphatic carbocycles. The summed E-state index contributed by atoms with van der Waals surface area (Å²) in [5.41, 5.74) is 7.12. The first kappa shape index (κ1) is 19.4. The summed E-state index contributed by atoms with van der Waals surface area (Å²) < 4.78 is 0. The van der Waals surface area contributed by atoms with E-state index in [4.69, 9.17) is 0 Å². The van der Waals surface area contributed by atoms with Crippen molar-refractivity contribution in [3.05, 3.63) is 82.0 Å². The number of hydrogen-bond donors (Lipinski definition) is 0. The Bertz CT molecular complexity index is 1670. The van der Waals surface area contributed by atoms with Crippen LogP contribution in [0.25, 0.3) is 53.9 Å². The molecule has 0 saturated carbocycles. The molecular formula is C28H14N2O2S2. The number of benzene rings is 3. The molecule has 160 valence electrons. The summed E-state index contributed by atoms with van der Waals surface area (Å²) in [6, 6.07) is 20.1. The smallest absolute Gasteiger partial charge is 0.261 e. The topological polar surface area (TPSA) is 61.2 Å². The lowest BCUT2D eigenvalue weighted by molar-refractivity contribution is 0.0693. The van der Waals surface area contributed by atoms with Gasteiger partial charge >= 0.3 is 0 Å². The number of carbonyl (C=O) groups is 2. The van der Waals surface area contributed by atoms with Crippen molar-refractivity contribution in [3.63, 3.8) is 0 Å². The number of amides is 2. The van der Waals surface area contributed by atoms with E-state index < -0.39 is 0 Å². The average molecular weight is 475 g/mol. The van der Waals surface area contributed by atoms with Gasteiger partial charge in [-0.1, -0.05) is 36.4 Å². The van der Waals surface area contributed by atoms with Crippen molar-refractivity contribution in [1.29, 1.82) is 5.26 Å². The van der Waals surface area contributed by atoms with E-state index in [0.717, 1.165) is 53.9 Å². The number of imide groups is 1. The van der Waals surface area contributed by atoms with E-state index in [1.807, 2.05) is 59.3 Å². The molecule has 0 spiro atoms. The fourth-order valence-corrected chi connectivity index (χ4v) is 6.97. The number of nitriles is 1. The highest BCUT2D eigenvalue weighted by Gasteiger charge is 2.43. The molecule has 7 rings (SSSR count). The Hall–Kier alpha value is -4.05. The third kappa shape index (κ3) is 2.25. The Kier molecular flexibility index (Phi) is 3.85. The van der Waals surface area contributed by atoms with Crippen LogP contribution in [0.4, 0.5) is 0 Å². The van der Waals surface area contributed by atoms with Crippen LogP contribution in [0.15, 0.2) is 65.4 Å². The fraction of sp³-hybridized carbons (Fsp3) is 0.0357. The van der Waals surface area contributed by atoms with Crippen molar-refractivity contribution in [2.75, 3.05) is 7.05 Å². The van der Waals surface area contributed by atoms with Gasteiger partial charge in [-0.2, -0.15) is 5.26 Å². The van der Waals surface area contributed by atoms with E-state index in [0.29, 0.717) is 16.7 Å². The fourth-order valence-electron chi connectivity index (χ4n) is 5.40. The highest BCUT2D eigenvalue weighted by atomic mass is 32.1. The standard InChI is InChI=1S/C28H14N2O2S2/c1-30-27(31)25-23(18-7-3-11-33-18)21-16-6-2-5-15-14(13-29)9-10-17(20(15)16)22(21)24(26(25)28(30)32)19-8-4-12-34-19/h2-12H,1H3. The van der Waals surface area contributed by atoms with Gasteiger partial charge in [0, 0.05) is 44.4 Å². The van der Waals surface area contributed by atoms with E-state index >= 15 is 0 Å². The van der Waals surface area contributed by atoms with Crippen molar-refractivity contribution in [3.8, 4) is 49.2 Å². The largest absolute Gasteiger partial charge is 0.277 e. The zero-order valence-corrected chi connectivity index (χ0v) is 19.5. The van der Waals surface area contributed by atoms with Crippen molar-refractivity contribution >= 4 is 45.3 Å². The first-order valence-electron chi connectivity index (χ1n) is 10.7. The Morgan fingerprint density at radius 3 is 1.82 bits per heavy atom. The molecule has 0 fully saturated rings. The molecule has 3 aromatic carbocycles. The zero-order chi connectivity index (χ0) is 23.1. The number of nitrogens with zero attached hydrogens (tertiary/aromatic N) is 2. The first-order valence-corrected chi connectivity index (χ1v) is 12.5. The minimum atomic E-state index is -0.273. The predicted molar refractivity (Wildman–Crippen MR) is 136 cm³/mol. The van der Waals surface area contributed by atoms with Gasteiger partial charge in [0.15, 0.2) is 0 Å². The molecule has 6 heteroatoms. The van der Waals surface area contributed by atoms with Gasteiger partial charge in [0.1, 0.15) is 0 Å². The zero-order valence-electron chi connectivity index (χ0n) is 17.9. The van der Waals surface area contributed by atoms with Gasteiger partial charge in [0.25, 0.3) is 11.8 Å². The summed E-state index contributed by atoms with van der Waals surface area (Å²) in [5, 5.41) is 15.6. The second kappa shape index (κ2) is 6.73. The van der Waals surface area contributed by atoms with Crippen molar-refractivity contribution in [2.45, 2.75) is 0 Å². The number of fused-ring (bicyclic) bond motifs is 4. The Labute approximate surface area is 202 Å². The van der Waals surface area contributed by atoms with Gasteiger partial charge in [-0.05, 0) is 45.5 Å². The maximum atomic E-state index is 13.5. The van der Waals surface area contributed by atoms with Crippen molar-refractivity contribution in [1.82, 2.24) is 4.90 Å². The molecule has 2 amide bonds. The predicted octanol–water partition coefficient (Wildman–Crippen LogP) is 7.04. The molecule has 0 bridgehead atoms. The van der Waals surface area contributed by atoms with Crippen LogP contribution in [0.5, 0.6) is 0 Å². The summed E-state index contributed by atoms with van der Waals surface area (Å²) in [7, 11) is 1.56. The number of rotatable bonds is 2. The van der Waals surface area contributed by atoms with Crippen LogP contribution in [0.1, 0.15) is 26.3 Å². The Morgan fingerprint density at radius 1 is 0.706 bits per heavy atom. The molecule has 0 N–H and O–H groups in total. The van der Waals surface area contributed by atoms with E-state index in [2.05, 4.69) is 12.1 Å². The second-order valence-electron chi connectivity index (χ2n) is 8.37. The Balaban J connectivity index is 1.78. The molecule has 4 nitrogen and oxygen atoms in total. The lowest BCUT2D eigenvalue weighted by Gasteiger charge is -2.18. The third-order valence-electron chi connectivity index (χ3n) is 6.77. The normalized spacial score (nSPS) is 13.5. The number of thiophene rings is 2. The third-order valence-corrected chi connectivity index (χ3v) is 8.55. The highest BCUT2D eigenvalue weighted by Crippen LogP contribution is 2.59. The molecule has 0 saturated heterocycles. The minimum Gasteiger partial charge on any atom is -0.277 e. The van der Waals surface area contributed by atoms with Gasteiger partial charge in [0.05, 0.1) is 22.8 Å². The number of carbonyl (C=O) groups excluding carboxylic acids is 2. The second-order valence-corrected chi connectivity index (χ2v) is 10.3. The lowest BCUT2D eigenvalue weighted by Crippen LogP contribution is -2.24. The molecule has 1 aliphatic heterocycles. The maximum absolute atomic E-state index is 13.5. The summed E-state index contributed by atoms with van der Waals surface area (Å²) >= 11 is 3.12. The summed E-state index contributed by atoms with van der Waals surface area (Å²) in [6.45, 7) is 0. The molecule has 0 atom stereocenters. The van der Waals surface area contributed by atoms with Crippen LogP contribution in [-0.4, -0.2) is 23.8 Å². The summed E-state index contributed by atoms with van der Waals surface area (Å²) in [6.07, 6.45) is 0. The van der Waals surface area contributed by atoms with Crippen LogP contribution in [0, 0.1) is 11.3 Å². The van der Waals surface area contributed by atoms with Gasteiger partial charge in [-0.25, -0.2) is 0 Å². The molecule has 3 heterocycles. The van der Waals surface area contributed by atoms with Crippen LogP contribution in [0.3, 0.4) is 0 Å².